The molecule has 0 saturated heterocycles. The number of aliphatic hydroxyl groups is 1. The zero-order valence-corrected chi connectivity index (χ0v) is 14.0. The second-order valence-electron chi connectivity index (χ2n) is 5.68. The van der Waals surface area contributed by atoms with Crippen LogP contribution in [0.15, 0.2) is 76.2 Å². The van der Waals surface area contributed by atoms with Crippen molar-refractivity contribution in [3.05, 3.63) is 83.5 Å². The number of benzene rings is 1. The fourth-order valence-corrected chi connectivity index (χ4v) is 3.71. The first kappa shape index (κ1) is 15.7. The molecule has 3 aromatic heterocycles. The van der Waals surface area contributed by atoms with Crippen LogP contribution in [0.3, 0.4) is 0 Å². The SMILES string of the molecule is O=C(NC[C@@](O)(c1ccoc1)c1ccco1)c1cc2ccccc2s1. The fraction of sp³-hybridized carbons (Fsp3) is 0.105. The standard InChI is InChI=1S/C19H15NO4S/c21-18(16-10-13-4-1-2-5-15(13)25-16)20-12-19(22,14-7-9-23-11-14)17-6-3-8-24-17/h1-11,22H,12H2,(H,20,21)/t19-/m1/s1. The number of carbonyl (C=O) groups excluding carboxylic acids is 1. The summed E-state index contributed by atoms with van der Waals surface area (Å²) in [5.74, 6) is 0.0974. The zero-order valence-electron chi connectivity index (χ0n) is 13.1. The Morgan fingerprint density at radius 3 is 2.76 bits per heavy atom. The smallest absolute Gasteiger partial charge is 0.261 e. The maximum Gasteiger partial charge on any atom is 0.261 e. The fourth-order valence-electron chi connectivity index (χ4n) is 2.73. The number of fused-ring (bicyclic) bond motifs is 1. The summed E-state index contributed by atoms with van der Waals surface area (Å²) in [5, 5.41) is 14.9. The van der Waals surface area contributed by atoms with Crippen LogP contribution in [0.5, 0.6) is 0 Å². The number of furan rings is 2. The van der Waals surface area contributed by atoms with Gasteiger partial charge in [0, 0.05) is 10.3 Å². The second-order valence-corrected chi connectivity index (χ2v) is 6.76. The van der Waals surface area contributed by atoms with Gasteiger partial charge in [-0.05, 0) is 35.7 Å². The highest BCUT2D eigenvalue weighted by atomic mass is 32.1. The van der Waals surface area contributed by atoms with Gasteiger partial charge in [-0.1, -0.05) is 18.2 Å². The summed E-state index contributed by atoms with van der Waals surface area (Å²) >= 11 is 1.42. The summed E-state index contributed by atoms with van der Waals surface area (Å²) in [6.07, 6.45) is 4.39. The van der Waals surface area contributed by atoms with Crippen molar-refractivity contribution in [1.29, 1.82) is 0 Å². The molecule has 0 fully saturated rings. The lowest BCUT2D eigenvalue weighted by atomic mass is 9.93. The Balaban J connectivity index is 1.58. The third-order valence-corrected chi connectivity index (χ3v) is 5.20. The molecule has 4 rings (SSSR count). The predicted octanol–water partition coefficient (Wildman–Crippen LogP) is 3.75. The lowest BCUT2D eigenvalue weighted by Gasteiger charge is -2.25. The summed E-state index contributed by atoms with van der Waals surface area (Å²) in [7, 11) is 0. The molecule has 1 amide bonds. The molecule has 2 N–H and O–H groups in total. The van der Waals surface area contributed by atoms with Crippen LogP contribution in [0.4, 0.5) is 0 Å². The molecule has 0 aliphatic rings. The molecule has 1 atom stereocenters. The lowest BCUT2D eigenvalue weighted by molar-refractivity contribution is 0.0521. The van der Waals surface area contributed by atoms with Crippen LogP contribution >= 0.6 is 11.3 Å². The molecule has 0 unspecified atom stereocenters. The summed E-state index contributed by atoms with van der Waals surface area (Å²) in [5.41, 5.74) is -0.984. The van der Waals surface area contributed by atoms with E-state index in [1.165, 1.54) is 30.1 Å². The summed E-state index contributed by atoms with van der Waals surface area (Å²) in [4.78, 5) is 13.1. The third kappa shape index (κ3) is 2.86. The third-order valence-electron chi connectivity index (χ3n) is 4.08. The van der Waals surface area contributed by atoms with Crippen molar-refractivity contribution < 1.29 is 18.7 Å². The maximum atomic E-state index is 12.5. The van der Waals surface area contributed by atoms with Crippen molar-refractivity contribution in [2.24, 2.45) is 0 Å². The quantitative estimate of drug-likeness (QED) is 0.573. The Hall–Kier alpha value is -2.83. The van der Waals surface area contributed by atoms with Crippen LogP contribution in [0.1, 0.15) is 21.0 Å². The van der Waals surface area contributed by atoms with Crippen molar-refractivity contribution in [2.75, 3.05) is 6.54 Å². The number of nitrogens with one attached hydrogen (secondary N) is 1. The van der Waals surface area contributed by atoms with Crippen LogP contribution in [0, 0.1) is 0 Å². The molecule has 1 aromatic carbocycles. The molecule has 126 valence electrons. The minimum atomic E-state index is -1.50. The van der Waals surface area contributed by atoms with E-state index in [0.29, 0.717) is 16.2 Å². The summed E-state index contributed by atoms with van der Waals surface area (Å²) in [6.45, 7) is -0.0346. The number of carbonyl (C=O) groups is 1. The van der Waals surface area contributed by atoms with Crippen LogP contribution in [-0.2, 0) is 5.60 Å². The predicted molar refractivity (Wildman–Crippen MR) is 94.6 cm³/mol. The van der Waals surface area contributed by atoms with Gasteiger partial charge in [-0.3, -0.25) is 4.79 Å². The molecule has 0 spiro atoms. The molecular formula is C19H15NO4S. The van der Waals surface area contributed by atoms with Gasteiger partial charge in [-0.15, -0.1) is 11.3 Å². The first-order valence-corrected chi connectivity index (χ1v) is 8.54. The molecule has 0 aliphatic carbocycles. The molecule has 0 radical (unpaired) electrons. The maximum absolute atomic E-state index is 12.5. The molecular weight excluding hydrogens is 338 g/mol. The molecule has 6 heteroatoms. The molecule has 0 aliphatic heterocycles. The second kappa shape index (κ2) is 6.23. The van der Waals surface area contributed by atoms with E-state index in [2.05, 4.69) is 5.32 Å². The van der Waals surface area contributed by atoms with Gasteiger partial charge in [-0.2, -0.15) is 0 Å². The van der Waals surface area contributed by atoms with Crippen LogP contribution in [-0.4, -0.2) is 17.6 Å². The van der Waals surface area contributed by atoms with E-state index in [9.17, 15) is 9.90 Å². The summed E-state index contributed by atoms with van der Waals surface area (Å²) in [6, 6.07) is 14.7. The Labute approximate surface area is 147 Å². The van der Waals surface area contributed by atoms with E-state index in [1.54, 1.807) is 18.2 Å². The van der Waals surface area contributed by atoms with Crippen molar-refractivity contribution in [2.45, 2.75) is 5.60 Å². The van der Waals surface area contributed by atoms with Crippen molar-refractivity contribution in [1.82, 2.24) is 5.32 Å². The highest BCUT2D eigenvalue weighted by Gasteiger charge is 2.36. The number of hydrogen-bond acceptors (Lipinski definition) is 5. The highest BCUT2D eigenvalue weighted by molar-refractivity contribution is 7.20. The summed E-state index contributed by atoms with van der Waals surface area (Å²) < 4.78 is 11.5. The van der Waals surface area contributed by atoms with E-state index >= 15 is 0 Å². The molecule has 0 saturated carbocycles. The molecule has 25 heavy (non-hydrogen) atoms. The first-order valence-electron chi connectivity index (χ1n) is 7.73. The average Bonchev–Trinajstić information content (AvgIpc) is 3.40. The Kier molecular flexibility index (Phi) is 3.91. The van der Waals surface area contributed by atoms with Crippen LogP contribution in [0.2, 0.25) is 0 Å². The largest absolute Gasteiger partial charge is 0.472 e. The van der Waals surface area contributed by atoms with Crippen molar-refractivity contribution in [3.63, 3.8) is 0 Å². The van der Waals surface area contributed by atoms with Gasteiger partial charge in [0.15, 0.2) is 5.60 Å². The minimum Gasteiger partial charge on any atom is -0.472 e. The van der Waals surface area contributed by atoms with Gasteiger partial charge in [0.1, 0.15) is 5.76 Å². The first-order chi connectivity index (χ1) is 12.2. The Morgan fingerprint density at radius 2 is 2.04 bits per heavy atom. The zero-order chi connectivity index (χ0) is 17.3. The number of amides is 1. The molecule has 5 nitrogen and oxygen atoms in total. The molecule has 4 aromatic rings. The topological polar surface area (TPSA) is 75.6 Å². The Morgan fingerprint density at radius 1 is 1.16 bits per heavy atom. The lowest BCUT2D eigenvalue weighted by Crippen LogP contribution is -2.41. The van der Waals surface area contributed by atoms with Crippen LogP contribution < -0.4 is 5.32 Å². The van der Waals surface area contributed by atoms with E-state index in [-0.39, 0.29) is 12.5 Å². The molecule has 3 heterocycles. The van der Waals surface area contributed by atoms with Gasteiger partial charge >= 0.3 is 0 Å². The highest BCUT2D eigenvalue weighted by Crippen LogP contribution is 2.30. The minimum absolute atomic E-state index is 0.0346. The Bertz CT molecular complexity index is 918. The van der Waals surface area contributed by atoms with Crippen molar-refractivity contribution in [3.8, 4) is 0 Å². The number of thiophene rings is 1. The van der Waals surface area contributed by atoms with Crippen molar-refractivity contribution >= 4 is 27.3 Å². The average molecular weight is 353 g/mol. The monoisotopic (exact) mass is 353 g/mol. The van der Waals surface area contributed by atoms with Gasteiger partial charge in [0.05, 0.1) is 30.2 Å². The van der Waals surface area contributed by atoms with E-state index in [4.69, 9.17) is 8.83 Å². The molecule has 0 bridgehead atoms. The normalized spacial score (nSPS) is 13.6. The van der Waals surface area contributed by atoms with E-state index in [1.807, 2.05) is 30.3 Å². The van der Waals surface area contributed by atoms with Gasteiger partial charge in [0.2, 0.25) is 0 Å². The van der Waals surface area contributed by atoms with E-state index < -0.39 is 5.60 Å². The van der Waals surface area contributed by atoms with Crippen LogP contribution in [0.25, 0.3) is 10.1 Å². The number of hydrogen-bond donors (Lipinski definition) is 2. The van der Waals surface area contributed by atoms with Gasteiger partial charge < -0.3 is 19.3 Å². The number of rotatable bonds is 5. The van der Waals surface area contributed by atoms with Gasteiger partial charge in [0.25, 0.3) is 5.91 Å². The van der Waals surface area contributed by atoms with Gasteiger partial charge in [-0.25, -0.2) is 0 Å². The van der Waals surface area contributed by atoms with E-state index in [0.717, 1.165) is 10.1 Å².